The molecule has 0 unspecified atom stereocenters. The van der Waals surface area contributed by atoms with E-state index in [0.717, 1.165) is 25.9 Å². The monoisotopic (exact) mass is 361 g/mol. The second kappa shape index (κ2) is 12.4. The Morgan fingerprint density at radius 1 is 1.20 bits per heavy atom. The van der Waals surface area contributed by atoms with Crippen molar-refractivity contribution in [1.82, 2.24) is 10.6 Å². The Morgan fingerprint density at radius 3 is 2.64 bits per heavy atom. The van der Waals surface area contributed by atoms with Crippen molar-refractivity contribution >= 4 is 5.96 Å². The van der Waals surface area contributed by atoms with Crippen molar-refractivity contribution in [3.8, 4) is 5.75 Å². The highest BCUT2D eigenvalue weighted by atomic mass is 19.3. The summed E-state index contributed by atoms with van der Waals surface area (Å²) in [7, 11) is 1.57. The molecule has 0 bridgehead atoms. The number of halogens is 3. The van der Waals surface area contributed by atoms with Crippen LogP contribution in [0.15, 0.2) is 23.2 Å². The number of benzene rings is 1. The van der Waals surface area contributed by atoms with E-state index < -0.39 is 12.4 Å². The average molecular weight is 361 g/mol. The number of hydrogen-bond acceptors (Lipinski definition) is 3. The molecule has 0 fully saturated rings. The highest BCUT2D eigenvalue weighted by molar-refractivity contribution is 5.79. The van der Waals surface area contributed by atoms with Gasteiger partial charge in [0, 0.05) is 38.9 Å². The van der Waals surface area contributed by atoms with Crippen molar-refractivity contribution in [3.63, 3.8) is 0 Å². The Balaban J connectivity index is 2.42. The van der Waals surface area contributed by atoms with Gasteiger partial charge in [0.2, 0.25) is 0 Å². The van der Waals surface area contributed by atoms with Crippen molar-refractivity contribution in [1.29, 1.82) is 0 Å². The van der Waals surface area contributed by atoms with Crippen LogP contribution in [0.2, 0.25) is 0 Å². The molecule has 0 saturated carbocycles. The first-order chi connectivity index (χ1) is 12.1. The molecule has 8 heteroatoms. The van der Waals surface area contributed by atoms with E-state index in [1.54, 1.807) is 7.05 Å². The lowest BCUT2D eigenvalue weighted by Crippen LogP contribution is -2.37. The zero-order chi connectivity index (χ0) is 18.5. The first-order valence-electron chi connectivity index (χ1n) is 8.33. The number of ether oxygens (including phenoxy) is 2. The van der Waals surface area contributed by atoms with Gasteiger partial charge in [-0.2, -0.15) is 8.78 Å². The van der Waals surface area contributed by atoms with Crippen molar-refractivity contribution in [3.05, 3.63) is 29.6 Å². The maximum absolute atomic E-state index is 13.9. The molecule has 0 aromatic heterocycles. The molecule has 25 heavy (non-hydrogen) atoms. The van der Waals surface area contributed by atoms with Gasteiger partial charge in [0.1, 0.15) is 11.6 Å². The Morgan fingerprint density at radius 2 is 1.96 bits per heavy atom. The number of aliphatic imine (C=N–C) groups is 1. The topological polar surface area (TPSA) is 54.9 Å². The van der Waals surface area contributed by atoms with Gasteiger partial charge < -0.3 is 20.1 Å². The van der Waals surface area contributed by atoms with Crippen LogP contribution in [0.1, 0.15) is 31.7 Å². The van der Waals surface area contributed by atoms with Crippen LogP contribution < -0.4 is 15.4 Å². The highest BCUT2D eigenvalue weighted by Crippen LogP contribution is 2.23. The summed E-state index contributed by atoms with van der Waals surface area (Å²) in [4.78, 5) is 4.01. The molecule has 0 atom stereocenters. The largest absolute Gasteiger partial charge is 0.434 e. The van der Waals surface area contributed by atoms with Gasteiger partial charge in [-0.1, -0.05) is 19.4 Å². The van der Waals surface area contributed by atoms with Crippen molar-refractivity contribution in [2.75, 3.05) is 26.8 Å². The Bertz CT molecular complexity index is 528. The summed E-state index contributed by atoms with van der Waals surface area (Å²) in [6.45, 7) is 1.09. The van der Waals surface area contributed by atoms with E-state index in [2.05, 4.69) is 27.3 Å². The van der Waals surface area contributed by atoms with Crippen molar-refractivity contribution < 1.29 is 22.6 Å². The van der Waals surface area contributed by atoms with Gasteiger partial charge in [0.25, 0.3) is 0 Å². The molecule has 0 saturated heterocycles. The summed E-state index contributed by atoms with van der Waals surface area (Å²) >= 11 is 0. The number of hydrogen-bond donors (Lipinski definition) is 2. The molecule has 0 heterocycles. The fourth-order valence-electron chi connectivity index (χ4n) is 2.04. The zero-order valence-electron chi connectivity index (χ0n) is 14.7. The molecule has 0 aliphatic carbocycles. The number of rotatable bonds is 11. The number of nitrogens with zero attached hydrogens (tertiary/aromatic N) is 1. The number of unbranched alkanes of at least 4 members (excludes halogenated alkanes) is 1. The van der Waals surface area contributed by atoms with E-state index >= 15 is 0 Å². The molecule has 1 aromatic rings. The molecule has 2 N–H and O–H groups in total. The van der Waals surface area contributed by atoms with Gasteiger partial charge in [0.15, 0.2) is 5.96 Å². The van der Waals surface area contributed by atoms with Crippen LogP contribution in [0.3, 0.4) is 0 Å². The number of nitrogens with one attached hydrogen (secondary N) is 2. The average Bonchev–Trinajstić information content (AvgIpc) is 2.58. The third kappa shape index (κ3) is 8.62. The van der Waals surface area contributed by atoms with Gasteiger partial charge in [-0.3, -0.25) is 4.99 Å². The molecule has 1 rings (SSSR count). The lowest BCUT2D eigenvalue weighted by Gasteiger charge is -2.15. The van der Waals surface area contributed by atoms with Crippen LogP contribution in [-0.2, 0) is 11.3 Å². The van der Waals surface area contributed by atoms with Crippen LogP contribution in [0.25, 0.3) is 0 Å². The maximum Gasteiger partial charge on any atom is 0.387 e. The Labute approximate surface area is 146 Å². The SMILES string of the molecule is CCCCOCCCNC(=NC)NCc1c(F)cccc1OC(F)F. The maximum atomic E-state index is 13.9. The van der Waals surface area contributed by atoms with Crippen LogP contribution in [0.4, 0.5) is 13.2 Å². The van der Waals surface area contributed by atoms with E-state index in [-0.39, 0.29) is 17.9 Å². The summed E-state index contributed by atoms with van der Waals surface area (Å²) in [5, 5.41) is 5.94. The van der Waals surface area contributed by atoms with Crippen LogP contribution in [0, 0.1) is 5.82 Å². The molecule has 5 nitrogen and oxygen atoms in total. The molecule has 0 spiro atoms. The minimum absolute atomic E-state index is 0.0219. The van der Waals surface area contributed by atoms with E-state index in [1.807, 2.05) is 0 Å². The minimum Gasteiger partial charge on any atom is -0.434 e. The summed E-state index contributed by atoms with van der Waals surface area (Å²) in [5.74, 6) is -0.368. The standard InChI is InChI=1S/C17H26F3N3O2/c1-3-4-10-24-11-6-9-22-17(21-2)23-12-13-14(18)7-5-8-15(13)25-16(19)20/h5,7-8,16H,3-4,6,9-12H2,1-2H3,(H2,21,22,23). The second-order valence-corrected chi connectivity index (χ2v) is 5.27. The third-order valence-corrected chi connectivity index (χ3v) is 3.35. The summed E-state index contributed by atoms with van der Waals surface area (Å²) in [6.07, 6.45) is 2.94. The van der Waals surface area contributed by atoms with Gasteiger partial charge in [-0.25, -0.2) is 4.39 Å². The molecular formula is C17H26F3N3O2. The molecule has 0 aliphatic rings. The number of alkyl halides is 2. The molecule has 0 amide bonds. The second-order valence-electron chi connectivity index (χ2n) is 5.27. The zero-order valence-corrected chi connectivity index (χ0v) is 14.7. The van der Waals surface area contributed by atoms with Gasteiger partial charge in [0.05, 0.1) is 0 Å². The molecule has 142 valence electrons. The van der Waals surface area contributed by atoms with Gasteiger partial charge in [-0.15, -0.1) is 0 Å². The van der Waals surface area contributed by atoms with E-state index in [9.17, 15) is 13.2 Å². The van der Waals surface area contributed by atoms with E-state index in [4.69, 9.17) is 4.74 Å². The summed E-state index contributed by atoms with van der Waals surface area (Å²) in [6, 6.07) is 3.82. The normalized spacial score (nSPS) is 11.7. The molecular weight excluding hydrogens is 335 g/mol. The van der Waals surface area contributed by atoms with E-state index in [0.29, 0.717) is 19.1 Å². The number of guanidine groups is 1. The van der Waals surface area contributed by atoms with Crippen LogP contribution in [0.5, 0.6) is 5.75 Å². The van der Waals surface area contributed by atoms with Gasteiger partial charge >= 0.3 is 6.61 Å². The first-order valence-corrected chi connectivity index (χ1v) is 8.33. The quantitative estimate of drug-likeness (QED) is 0.361. The van der Waals surface area contributed by atoms with Crippen molar-refractivity contribution in [2.45, 2.75) is 39.3 Å². The fraction of sp³-hybridized carbons (Fsp3) is 0.588. The predicted octanol–water partition coefficient (Wildman–Crippen LogP) is 3.30. The van der Waals surface area contributed by atoms with Gasteiger partial charge in [-0.05, 0) is 25.0 Å². The Hall–Kier alpha value is -1.96. The van der Waals surface area contributed by atoms with E-state index in [1.165, 1.54) is 18.2 Å². The lowest BCUT2D eigenvalue weighted by atomic mass is 10.2. The third-order valence-electron chi connectivity index (χ3n) is 3.35. The molecule has 0 aliphatic heterocycles. The van der Waals surface area contributed by atoms with Crippen LogP contribution in [-0.4, -0.2) is 39.4 Å². The summed E-state index contributed by atoms with van der Waals surface area (Å²) < 4.78 is 48.5. The fourth-order valence-corrected chi connectivity index (χ4v) is 2.04. The minimum atomic E-state index is -3.01. The lowest BCUT2D eigenvalue weighted by molar-refractivity contribution is -0.0506. The van der Waals surface area contributed by atoms with Crippen LogP contribution >= 0.6 is 0 Å². The summed E-state index contributed by atoms with van der Waals surface area (Å²) in [5.41, 5.74) is 0.0219. The Kier molecular flexibility index (Phi) is 10.5. The van der Waals surface area contributed by atoms with Crippen molar-refractivity contribution in [2.24, 2.45) is 4.99 Å². The first kappa shape index (κ1) is 21.1. The smallest absolute Gasteiger partial charge is 0.387 e. The molecule has 0 radical (unpaired) electrons. The highest BCUT2D eigenvalue weighted by Gasteiger charge is 2.14. The molecule has 1 aromatic carbocycles. The predicted molar refractivity (Wildman–Crippen MR) is 91.6 cm³/mol.